The van der Waals surface area contributed by atoms with Crippen LogP contribution in [0, 0.1) is 21.4 Å². The second-order valence-electron chi connectivity index (χ2n) is 30.7. The van der Waals surface area contributed by atoms with E-state index in [2.05, 4.69) is 20.8 Å². The molecule has 0 bridgehead atoms. The summed E-state index contributed by atoms with van der Waals surface area (Å²) in [5.74, 6) is -2.36. The molecular weight excluding hydrogens is 1260 g/mol. The fourth-order valence-corrected chi connectivity index (χ4v) is 11.3. The van der Waals surface area contributed by atoms with Gasteiger partial charge in [-0.2, -0.15) is 9.59 Å². The first-order valence-electron chi connectivity index (χ1n) is 32.7. The number of anilines is 2. The Morgan fingerprint density at radius 1 is 0.567 bits per heavy atom. The number of benzene rings is 3. The Kier molecular flexibility index (Phi) is 27.0. The van der Waals surface area contributed by atoms with Gasteiger partial charge in [0.1, 0.15) is 101 Å². The molecule has 1 aromatic heterocycles. The highest BCUT2D eigenvalue weighted by Gasteiger charge is 2.38. The van der Waals surface area contributed by atoms with E-state index < -0.39 is 112 Å². The van der Waals surface area contributed by atoms with E-state index in [1.165, 1.54) is 36.3 Å². The van der Waals surface area contributed by atoms with Gasteiger partial charge in [0.15, 0.2) is 5.78 Å². The van der Waals surface area contributed by atoms with Gasteiger partial charge in [-0.15, -0.1) is 0 Å². The summed E-state index contributed by atoms with van der Waals surface area (Å²) >= 11 is 0. The SMILES string of the molecule is COc1ccc(N(CC(=O)OC(C)(C)C)CC(C)(C)C)c(O[C@@H]2CCC[C@@H]2Oc2cc([N+](=O)[O-])c(COc3ccc4cc(C(=O)CC5CCC(N(CC(=O)OC(C)(C)C)CC(=O)OC(C)(C)C)CC5)c(=O)oc4c3)cc2N(CC(=O)OC(C)(C)C)CC(=O)OC(C)(C)C)c1.O=C=O. The number of Topliss-reactive ketones (excluding diaryl/α,β-unsaturated/α-hetero) is 1. The molecule has 25 heteroatoms. The Balaban J connectivity index is 0.00000556. The summed E-state index contributed by atoms with van der Waals surface area (Å²) < 4.78 is 59.8. The van der Waals surface area contributed by atoms with Crippen LogP contribution in [0.1, 0.15) is 192 Å². The number of nitrogens with zero attached hydrogens (tertiary/aromatic N) is 4. The van der Waals surface area contributed by atoms with Gasteiger partial charge >= 0.3 is 41.6 Å². The number of ether oxygens (including phenoxy) is 9. The minimum absolute atomic E-state index is 0.00483. The monoisotopic (exact) mass is 1360 g/mol. The van der Waals surface area contributed by atoms with Gasteiger partial charge in [-0.25, -0.2) is 4.79 Å². The number of methoxy groups -OCH3 is 1. The molecule has 0 saturated heterocycles. The van der Waals surface area contributed by atoms with Crippen LogP contribution in [0.25, 0.3) is 11.0 Å². The largest absolute Gasteiger partial charge is 0.497 e. The molecule has 0 unspecified atom stereocenters. The van der Waals surface area contributed by atoms with E-state index in [9.17, 15) is 43.7 Å². The minimum atomic E-state index is -0.939. The van der Waals surface area contributed by atoms with E-state index in [0.29, 0.717) is 74.1 Å². The fourth-order valence-electron chi connectivity index (χ4n) is 11.3. The lowest BCUT2D eigenvalue weighted by Gasteiger charge is -2.36. The molecule has 0 aliphatic heterocycles. The summed E-state index contributed by atoms with van der Waals surface area (Å²) in [5.41, 5.74) is -5.01. The number of hydrogen-bond acceptors (Lipinski definition) is 24. The Bertz CT molecular complexity index is 3460. The van der Waals surface area contributed by atoms with Crippen molar-refractivity contribution in [2.24, 2.45) is 11.3 Å². The molecule has 0 spiro atoms. The molecule has 6 rings (SSSR count). The number of carbonyl (C=O) groups excluding carboxylic acids is 8. The molecule has 3 aromatic carbocycles. The van der Waals surface area contributed by atoms with Crippen molar-refractivity contribution in [2.45, 2.75) is 229 Å². The van der Waals surface area contributed by atoms with Crippen molar-refractivity contribution in [3.05, 3.63) is 86.3 Å². The molecular formula is C72H100N4O21. The summed E-state index contributed by atoms with van der Waals surface area (Å²) in [6.07, 6.45) is 2.76. The van der Waals surface area contributed by atoms with Crippen LogP contribution in [-0.2, 0) is 63.9 Å². The van der Waals surface area contributed by atoms with Crippen LogP contribution < -0.4 is 34.4 Å². The van der Waals surface area contributed by atoms with Gasteiger partial charge < -0.3 is 56.8 Å². The highest BCUT2D eigenvalue weighted by Crippen LogP contribution is 2.42. The highest BCUT2D eigenvalue weighted by molar-refractivity contribution is 5.98. The predicted octanol–water partition coefficient (Wildman–Crippen LogP) is 11.9. The Labute approximate surface area is 568 Å². The van der Waals surface area contributed by atoms with Crippen LogP contribution in [0.2, 0.25) is 0 Å². The molecule has 2 aliphatic rings. The summed E-state index contributed by atoms with van der Waals surface area (Å²) in [5, 5.41) is 13.7. The smallest absolute Gasteiger partial charge is 0.373 e. The van der Waals surface area contributed by atoms with Crippen molar-refractivity contribution in [3.63, 3.8) is 0 Å². The lowest BCUT2D eigenvalue weighted by atomic mass is 9.82. The lowest BCUT2D eigenvalue weighted by Crippen LogP contribution is -2.46. The zero-order valence-corrected chi connectivity index (χ0v) is 60.0. The van der Waals surface area contributed by atoms with E-state index in [4.69, 9.17) is 56.6 Å². The van der Waals surface area contributed by atoms with Crippen molar-refractivity contribution in [1.82, 2.24) is 4.90 Å². The van der Waals surface area contributed by atoms with Gasteiger partial charge in [-0.3, -0.25) is 43.8 Å². The molecule has 0 amide bonds. The summed E-state index contributed by atoms with van der Waals surface area (Å²) in [7, 11) is 1.53. The van der Waals surface area contributed by atoms with E-state index >= 15 is 0 Å². The number of carbonyl (C=O) groups is 6. The summed E-state index contributed by atoms with van der Waals surface area (Å²) in [6, 6.07) is 13.9. The van der Waals surface area contributed by atoms with Crippen LogP contribution >= 0.6 is 0 Å². The molecule has 25 nitrogen and oxygen atoms in total. The van der Waals surface area contributed by atoms with Gasteiger partial charge in [0.25, 0.3) is 5.69 Å². The quantitative estimate of drug-likeness (QED) is 0.0141. The minimum Gasteiger partial charge on any atom is -0.497 e. The van der Waals surface area contributed by atoms with Crippen molar-refractivity contribution < 1.29 is 90.3 Å². The number of ketones is 1. The molecule has 0 radical (unpaired) electrons. The third-order valence-corrected chi connectivity index (χ3v) is 14.8. The van der Waals surface area contributed by atoms with Crippen molar-refractivity contribution in [1.29, 1.82) is 0 Å². The van der Waals surface area contributed by atoms with Gasteiger partial charge in [0.2, 0.25) is 0 Å². The topological polar surface area (TPSA) is 303 Å². The maximum absolute atomic E-state index is 13.9. The van der Waals surface area contributed by atoms with Crippen LogP contribution in [-0.4, -0.2) is 144 Å². The number of hydrogen-bond donors (Lipinski definition) is 0. The van der Waals surface area contributed by atoms with Gasteiger partial charge in [-0.1, -0.05) is 20.8 Å². The van der Waals surface area contributed by atoms with E-state index in [1.807, 2.05) is 11.0 Å². The maximum Gasteiger partial charge on any atom is 0.373 e. The third-order valence-electron chi connectivity index (χ3n) is 14.8. The first-order chi connectivity index (χ1) is 44.8. The highest BCUT2D eigenvalue weighted by atomic mass is 16.6. The molecule has 2 saturated carbocycles. The Morgan fingerprint density at radius 2 is 1.02 bits per heavy atom. The molecule has 1 heterocycles. The van der Waals surface area contributed by atoms with Crippen LogP contribution in [0.15, 0.2) is 63.8 Å². The zero-order valence-electron chi connectivity index (χ0n) is 60.0. The third kappa shape index (κ3) is 26.8. The molecule has 534 valence electrons. The van der Waals surface area contributed by atoms with Crippen molar-refractivity contribution >= 4 is 69.8 Å². The first-order valence-corrected chi connectivity index (χ1v) is 32.7. The van der Waals surface area contributed by atoms with E-state index in [0.717, 1.165) is 0 Å². The zero-order chi connectivity index (χ0) is 72.8. The average Bonchev–Trinajstić information content (AvgIpc) is 1.43. The number of nitro groups is 1. The summed E-state index contributed by atoms with van der Waals surface area (Å²) in [6.45, 7) is 31.0. The van der Waals surface area contributed by atoms with Gasteiger partial charge in [-0.05, 0) is 197 Å². The molecule has 2 aliphatic carbocycles. The second-order valence-corrected chi connectivity index (χ2v) is 30.7. The number of rotatable bonds is 26. The van der Waals surface area contributed by atoms with Crippen LogP contribution in [0.5, 0.6) is 23.0 Å². The predicted molar refractivity (Wildman–Crippen MR) is 360 cm³/mol. The van der Waals surface area contributed by atoms with Crippen molar-refractivity contribution in [2.75, 3.05) is 56.2 Å². The van der Waals surface area contributed by atoms with Gasteiger partial charge in [0.05, 0.1) is 48.1 Å². The Morgan fingerprint density at radius 3 is 1.47 bits per heavy atom. The number of nitro benzene ring substituents is 1. The summed E-state index contributed by atoms with van der Waals surface area (Å²) in [4.78, 5) is 129. The maximum atomic E-state index is 13.9. The number of fused-ring (bicyclic) bond motifs is 1. The van der Waals surface area contributed by atoms with Crippen LogP contribution in [0.3, 0.4) is 0 Å². The van der Waals surface area contributed by atoms with E-state index in [-0.39, 0.29) is 83.5 Å². The Hall–Kier alpha value is -8.57. The average molecular weight is 1360 g/mol. The molecule has 2 fully saturated rings. The first kappa shape index (κ1) is 79.1. The fraction of sp³-hybridized carbons (Fsp3) is 0.611. The molecule has 4 aromatic rings. The molecule has 0 N–H and O–H groups in total. The van der Waals surface area contributed by atoms with E-state index in [1.54, 1.807) is 133 Å². The van der Waals surface area contributed by atoms with Gasteiger partial charge in [0, 0.05) is 36.5 Å². The number of esters is 5. The second kappa shape index (κ2) is 33.1. The standard InChI is InChI=1S/C71H100N4O19.CO2/c1-66(2,3)43-74(41-64(81)94-71(16,17)18)51-30-29-48(85-19)34-58(51)87-55-21-20-22-56(55)88-59-36-52(75(83)84)46(33-53(59)73(39-62(79)92-69(10,11)12)40-63(80)93-70(13,14)15)42-86-49-28-25-45-32-50(65(82)89-57(45)35-49)54(76)31-44-23-26-47(27-24-44)72(37-60(77)90-67(4,5)6)38-61(78)91-68(7,8)9;2-1-3/h25,28-30,32-36,44,47,55-56H,20-24,26-27,31,37-43H2,1-19H3;/t44?,47?,55-,56+;/m1./s1. The van der Waals surface area contributed by atoms with Crippen LogP contribution in [0.4, 0.5) is 17.1 Å². The lowest BCUT2D eigenvalue weighted by molar-refractivity contribution is -0.385. The molecule has 2 atom stereocenters. The van der Waals surface area contributed by atoms with Crippen molar-refractivity contribution in [3.8, 4) is 23.0 Å². The molecule has 97 heavy (non-hydrogen) atoms. The normalized spacial score (nSPS) is 16.7.